The first kappa shape index (κ1) is 21.7. The van der Waals surface area contributed by atoms with Crippen LogP contribution in [0.1, 0.15) is 37.4 Å². The number of aryl methyl sites for hydroxylation is 1. The summed E-state index contributed by atoms with van der Waals surface area (Å²) in [6, 6.07) is 8.52. The maximum Gasteiger partial charge on any atom is 0.193 e. The molecule has 0 unspecified atom stereocenters. The van der Waals surface area contributed by atoms with E-state index in [0.29, 0.717) is 6.10 Å². The summed E-state index contributed by atoms with van der Waals surface area (Å²) >= 11 is 0. The summed E-state index contributed by atoms with van der Waals surface area (Å²) in [7, 11) is 1.74. The number of aromatic nitrogens is 1. The van der Waals surface area contributed by atoms with E-state index in [1.165, 1.54) is 22.2 Å². The Morgan fingerprint density at radius 2 is 2.03 bits per heavy atom. The van der Waals surface area contributed by atoms with Crippen LogP contribution in [0.25, 0.3) is 10.9 Å². The third-order valence-electron chi connectivity index (χ3n) is 5.57. The van der Waals surface area contributed by atoms with E-state index in [9.17, 15) is 0 Å². The molecule has 2 aromatic rings. The molecule has 0 amide bonds. The van der Waals surface area contributed by atoms with E-state index in [4.69, 9.17) is 14.5 Å². The van der Waals surface area contributed by atoms with E-state index in [1.54, 1.807) is 7.11 Å². The number of hydrogen-bond donors (Lipinski definition) is 2. The van der Waals surface area contributed by atoms with Crippen molar-refractivity contribution in [3.05, 3.63) is 35.5 Å². The number of guanidine groups is 1. The summed E-state index contributed by atoms with van der Waals surface area (Å²) in [6.07, 6.45) is 4.38. The Labute approximate surface area is 174 Å². The molecule has 1 fully saturated rings. The third-order valence-corrected chi connectivity index (χ3v) is 5.57. The number of rotatable bonds is 9. The van der Waals surface area contributed by atoms with Gasteiger partial charge in [0.25, 0.3) is 0 Å². The molecule has 0 spiro atoms. The fraction of sp³-hybridized carbons (Fsp3) is 0.609. The highest BCUT2D eigenvalue weighted by Crippen LogP contribution is 2.22. The normalized spacial score (nSPS) is 16.0. The lowest BCUT2D eigenvalue weighted by Gasteiger charge is -2.34. The highest BCUT2D eigenvalue weighted by atomic mass is 16.5. The van der Waals surface area contributed by atoms with E-state index >= 15 is 0 Å². The van der Waals surface area contributed by atoms with Crippen molar-refractivity contribution in [2.75, 3.05) is 46.5 Å². The van der Waals surface area contributed by atoms with Crippen LogP contribution in [0.5, 0.6) is 0 Å². The number of piperidine rings is 1. The maximum absolute atomic E-state index is 5.99. The van der Waals surface area contributed by atoms with Gasteiger partial charge in [-0.25, -0.2) is 0 Å². The van der Waals surface area contributed by atoms with Crippen LogP contribution in [0.4, 0.5) is 0 Å². The fourth-order valence-corrected chi connectivity index (χ4v) is 4.04. The van der Waals surface area contributed by atoms with Crippen LogP contribution in [0.2, 0.25) is 0 Å². The number of aliphatic imine (C=N–C) groups is 1. The first-order chi connectivity index (χ1) is 14.2. The highest BCUT2D eigenvalue weighted by molar-refractivity contribution is 5.84. The van der Waals surface area contributed by atoms with Gasteiger partial charge in [0.05, 0.1) is 6.10 Å². The Morgan fingerprint density at radius 1 is 1.24 bits per heavy atom. The first-order valence-electron chi connectivity index (χ1n) is 10.9. The maximum atomic E-state index is 5.99. The van der Waals surface area contributed by atoms with Gasteiger partial charge in [-0.1, -0.05) is 18.2 Å². The number of para-hydroxylation sites is 1. The number of benzene rings is 1. The molecule has 0 aliphatic carbocycles. The van der Waals surface area contributed by atoms with Crippen molar-refractivity contribution in [3.63, 3.8) is 0 Å². The van der Waals surface area contributed by atoms with Gasteiger partial charge in [0.1, 0.15) is 0 Å². The molecule has 0 atom stereocenters. The van der Waals surface area contributed by atoms with Crippen molar-refractivity contribution < 1.29 is 9.47 Å². The highest BCUT2D eigenvalue weighted by Gasteiger charge is 2.21. The van der Waals surface area contributed by atoms with Crippen LogP contribution < -0.4 is 5.32 Å². The molecule has 1 aliphatic heterocycles. The lowest BCUT2D eigenvalue weighted by atomic mass is 10.1. The summed E-state index contributed by atoms with van der Waals surface area (Å²) in [5.41, 5.74) is 3.84. The molecule has 1 saturated heterocycles. The van der Waals surface area contributed by atoms with Gasteiger partial charge in [-0.3, -0.25) is 4.99 Å². The van der Waals surface area contributed by atoms with Crippen LogP contribution in [0.3, 0.4) is 0 Å². The molecule has 160 valence electrons. The molecule has 6 heteroatoms. The van der Waals surface area contributed by atoms with Crippen molar-refractivity contribution in [3.8, 4) is 0 Å². The molecule has 1 aromatic carbocycles. The second-order valence-electron chi connectivity index (χ2n) is 7.66. The monoisotopic (exact) mass is 400 g/mol. The van der Waals surface area contributed by atoms with Crippen LogP contribution >= 0.6 is 0 Å². The summed E-state index contributed by atoms with van der Waals surface area (Å²) in [4.78, 5) is 10.8. The minimum Gasteiger partial charge on any atom is -0.385 e. The molecular weight excluding hydrogens is 364 g/mol. The van der Waals surface area contributed by atoms with E-state index in [-0.39, 0.29) is 0 Å². The molecule has 1 aliphatic rings. The summed E-state index contributed by atoms with van der Waals surface area (Å²) in [6.45, 7) is 9.51. The van der Waals surface area contributed by atoms with Gasteiger partial charge in [0.2, 0.25) is 0 Å². The molecule has 6 nitrogen and oxygen atoms in total. The SMILES string of the molecule is CCNC(=NCCc1c(C)[nH]c2ccccc12)N1CCC(OCCCOC)CC1. The average Bonchev–Trinajstić information content (AvgIpc) is 3.06. The van der Waals surface area contributed by atoms with Crippen LogP contribution in [0.15, 0.2) is 29.3 Å². The molecule has 29 heavy (non-hydrogen) atoms. The zero-order chi connectivity index (χ0) is 20.5. The minimum atomic E-state index is 0.361. The zero-order valence-corrected chi connectivity index (χ0v) is 18.2. The first-order valence-corrected chi connectivity index (χ1v) is 10.9. The number of fused-ring (bicyclic) bond motifs is 1. The van der Waals surface area contributed by atoms with Crippen LogP contribution in [0, 0.1) is 6.92 Å². The summed E-state index contributed by atoms with van der Waals surface area (Å²) in [5, 5.41) is 4.79. The van der Waals surface area contributed by atoms with E-state index < -0.39 is 0 Å². The predicted octanol–water partition coefficient (Wildman–Crippen LogP) is 3.50. The number of likely N-dealkylation sites (tertiary alicyclic amines) is 1. The molecule has 2 N–H and O–H groups in total. The lowest BCUT2D eigenvalue weighted by molar-refractivity contribution is 0.00991. The molecule has 3 rings (SSSR count). The number of ether oxygens (including phenoxy) is 2. The molecule has 0 bridgehead atoms. The Balaban J connectivity index is 1.53. The Hall–Kier alpha value is -2.05. The van der Waals surface area contributed by atoms with Gasteiger partial charge < -0.3 is 24.7 Å². The standard InChI is InChI=1S/C23H36N4O2/c1-4-24-23(27-14-11-19(12-15-27)29-17-7-16-28-3)25-13-10-20-18(2)26-22-9-6-5-8-21(20)22/h5-6,8-9,19,26H,4,7,10-17H2,1-3H3,(H,24,25). The smallest absolute Gasteiger partial charge is 0.193 e. The summed E-state index contributed by atoms with van der Waals surface area (Å²) in [5.74, 6) is 1.03. The number of nitrogens with one attached hydrogen (secondary N) is 2. The number of H-pyrrole nitrogens is 1. The van der Waals surface area contributed by atoms with Crippen LogP contribution in [-0.2, 0) is 15.9 Å². The Morgan fingerprint density at radius 3 is 2.79 bits per heavy atom. The van der Waals surface area contributed by atoms with Crippen LogP contribution in [-0.4, -0.2) is 68.4 Å². The average molecular weight is 401 g/mol. The molecular formula is C23H36N4O2. The van der Waals surface area contributed by atoms with Gasteiger partial charge in [0, 0.05) is 63.1 Å². The van der Waals surface area contributed by atoms with E-state index in [1.807, 2.05) is 0 Å². The number of aromatic amines is 1. The summed E-state index contributed by atoms with van der Waals surface area (Å²) < 4.78 is 11.1. The van der Waals surface area contributed by atoms with Crippen molar-refractivity contribution in [2.24, 2.45) is 4.99 Å². The molecule has 0 radical (unpaired) electrons. The molecule has 1 aromatic heterocycles. The number of nitrogens with zero attached hydrogens (tertiary/aromatic N) is 2. The van der Waals surface area contributed by atoms with E-state index in [0.717, 1.165) is 71.0 Å². The second-order valence-corrected chi connectivity index (χ2v) is 7.66. The van der Waals surface area contributed by atoms with Gasteiger partial charge >= 0.3 is 0 Å². The topological polar surface area (TPSA) is 61.9 Å². The Kier molecular flexibility index (Phi) is 8.38. The predicted molar refractivity (Wildman–Crippen MR) is 120 cm³/mol. The van der Waals surface area contributed by atoms with Crippen molar-refractivity contribution in [1.82, 2.24) is 15.2 Å². The van der Waals surface area contributed by atoms with Crippen molar-refractivity contribution >= 4 is 16.9 Å². The number of methoxy groups -OCH3 is 1. The van der Waals surface area contributed by atoms with Crippen molar-refractivity contribution in [2.45, 2.75) is 45.6 Å². The number of hydrogen-bond acceptors (Lipinski definition) is 3. The van der Waals surface area contributed by atoms with Gasteiger partial charge in [-0.2, -0.15) is 0 Å². The van der Waals surface area contributed by atoms with E-state index in [2.05, 4.69) is 53.3 Å². The zero-order valence-electron chi connectivity index (χ0n) is 18.2. The fourth-order valence-electron chi connectivity index (χ4n) is 4.04. The lowest BCUT2D eigenvalue weighted by Crippen LogP contribution is -2.47. The third kappa shape index (κ3) is 5.97. The van der Waals surface area contributed by atoms with Gasteiger partial charge in [-0.15, -0.1) is 0 Å². The molecule has 2 heterocycles. The Bertz CT molecular complexity index is 778. The second kappa shape index (κ2) is 11.2. The largest absolute Gasteiger partial charge is 0.385 e. The van der Waals surface area contributed by atoms with Gasteiger partial charge in [0.15, 0.2) is 5.96 Å². The van der Waals surface area contributed by atoms with Crippen molar-refractivity contribution in [1.29, 1.82) is 0 Å². The molecule has 0 saturated carbocycles. The quantitative estimate of drug-likeness (QED) is 0.384. The minimum absolute atomic E-state index is 0.361. The van der Waals surface area contributed by atoms with Gasteiger partial charge in [-0.05, 0) is 51.2 Å².